The summed E-state index contributed by atoms with van der Waals surface area (Å²) in [5.74, 6) is 0. The molecule has 0 saturated heterocycles. The van der Waals surface area contributed by atoms with Crippen molar-refractivity contribution in [3.05, 3.63) is 55.2 Å². The van der Waals surface area contributed by atoms with Crippen molar-refractivity contribution in [1.82, 2.24) is 24.1 Å². The van der Waals surface area contributed by atoms with E-state index in [2.05, 4.69) is 14.8 Å². The van der Waals surface area contributed by atoms with E-state index in [0.29, 0.717) is 6.54 Å². The van der Waals surface area contributed by atoms with Crippen LogP contribution in [-0.2, 0) is 16.6 Å². The van der Waals surface area contributed by atoms with Crippen LogP contribution in [0.2, 0.25) is 0 Å². The molecule has 0 aliphatic carbocycles. The number of nitrogens with zero attached hydrogens (tertiary/aromatic N) is 4. The second kappa shape index (κ2) is 7.20. The summed E-state index contributed by atoms with van der Waals surface area (Å²) in [6.07, 6.45) is 6.73. The monoisotopic (exact) mass is 359 g/mol. The van der Waals surface area contributed by atoms with Crippen LogP contribution in [0.5, 0.6) is 0 Å². The number of imidazole rings is 1. The first kappa shape index (κ1) is 17.4. The second-order valence-corrected chi connectivity index (χ2v) is 7.72. The summed E-state index contributed by atoms with van der Waals surface area (Å²) in [4.78, 5) is 3.97. The van der Waals surface area contributed by atoms with Crippen LogP contribution < -0.4 is 4.72 Å². The quantitative estimate of drug-likeness (QED) is 0.702. The van der Waals surface area contributed by atoms with Gasteiger partial charge in [0.25, 0.3) is 10.0 Å². The topological polar surface area (TPSA) is 81.8 Å². The van der Waals surface area contributed by atoms with Crippen molar-refractivity contribution in [2.75, 3.05) is 6.54 Å². The number of hydrogen-bond acceptors (Lipinski definition) is 4. The largest absolute Gasteiger partial charge is 0.334 e. The summed E-state index contributed by atoms with van der Waals surface area (Å²) >= 11 is 0. The van der Waals surface area contributed by atoms with Gasteiger partial charge < -0.3 is 4.57 Å². The zero-order valence-corrected chi connectivity index (χ0v) is 15.0. The number of benzene rings is 1. The molecule has 7 nitrogen and oxygen atoms in total. The van der Waals surface area contributed by atoms with E-state index in [1.807, 2.05) is 50.4 Å². The first-order valence-electron chi connectivity index (χ1n) is 8.07. The number of rotatable bonds is 7. The highest BCUT2D eigenvalue weighted by molar-refractivity contribution is 7.89. The van der Waals surface area contributed by atoms with E-state index in [9.17, 15) is 8.42 Å². The van der Waals surface area contributed by atoms with Crippen molar-refractivity contribution in [2.24, 2.45) is 0 Å². The lowest BCUT2D eigenvalue weighted by molar-refractivity contribution is 0.557. The standard InChI is InChI=1S/C17H21N5O2S/c1-14(2)21-12-17(18-13-21)25(23,24)20-8-9-22-11-16(10-19-22)15-6-4-3-5-7-15/h3-7,10-14,20H,8-9H2,1-2H3. The van der Waals surface area contributed by atoms with Crippen molar-refractivity contribution in [1.29, 1.82) is 0 Å². The van der Waals surface area contributed by atoms with Crippen LogP contribution in [0, 0.1) is 0 Å². The summed E-state index contributed by atoms with van der Waals surface area (Å²) in [6, 6.07) is 10.1. The van der Waals surface area contributed by atoms with Crippen molar-refractivity contribution in [3.63, 3.8) is 0 Å². The van der Waals surface area contributed by atoms with Gasteiger partial charge in [0.05, 0.1) is 19.1 Å². The number of nitrogens with one attached hydrogen (secondary N) is 1. The molecule has 0 amide bonds. The third-order valence-corrected chi connectivity index (χ3v) is 5.17. The summed E-state index contributed by atoms with van der Waals surface area (Å²) in [6.45, 7) is 4.62. The Labute approximate surface area is 147 Å². The Balaban J connectivity index is 1.60. The fraction of sp³-hybridized carbons (Fsp3) is 0.294. The molecule has 3 rings (SSSR count). The molecule has 132 valence electrons. The molecule has 0 spiro atoms. The molecule has 3 aromatic rings. The molecule has 0 bridgehead atoms. The molecule has 1 aromatic carbocycles. The van der Waals surface area contributed by atoms with Crippen LogP contribution in [0.3, 0.4) is 0 Å². The Bertz CT molecular complexity index is 929. The third-order valence-electron chi connectivity index (χ3n) is 3.82. The minimum Gasteiger partial charge on any atom is -0.334 e. The Morgan fingerprint density at radius 1 is 1.12 bits per heavy atom. The lowest BCUT2D eigenvalue weighted by Gasteiger charge is -2.05. The molecule has 0 saturated carbocycles. The normalized spacial score (nSPS) is 12.0. The van der Waals surface area contributed by atoms with Gasteiger partial charge in [0.2, 0.25) is 0 Å². The van der Waals surface area contributed by atoms with Crippen molar-refractivity contribution < 1.29 is 8.42 Å². The Morgan fingerprint density at radius 2 is 1.88 bits per heavy atom. The summed E-state index contributed by atoms with van der Waals surface area (Å²) in [5.41, 5.74) is 2.08. The van der Waals surface area contributed by atoms with Crippen LogP contribution in [0.1, 0.15) is 19.9 Å². The maximum absolute atomic E-state index is 12.3. The fourth-order valence-electron chi connectivity index (χ4n) is 2.37. The molecule has 0 aliphatic heterocycles. The van der Waals surface area contributed by atoms with E-state index in [4.69, 9.17) is 0 Å². The average molecular weight is 359 g/mol. The van der Waals surface area contributed by atoms with Crippen LogP contribution in [0.15, 0.2) is 60.3 Å². The maximum atomic E-state index is 12.3. The number of hydrogen-bond donors (Lipinski definition) is 1. The van der Waals surface area contributed by atoms with Crippen molar-refractivity contribution in [2.45, 2.75) is 31.5 Å². The van der Waals surface area contributed by atoms with Gasteiger partial charge in [-0.25, -0.2) is 18.1 Å². The molecule has 0 fully saturated rings. The molecule has 2 aromatic heterocycles. The van der Waals surface area contributed by atoms with Gasteiger partial charge in [-0.1, -0.05) is 30.3 Å². The van der Waals surface area contributed by atoms with Gasteiger partial charge >= 0.3 is 0 Å². The van der Waals surface area contributed by atoms with E-state index in [-0.39, 0.29) is 17.6 Å². The lowest BCUT2D eigenvalue weighted by Crippen LogP contribution is -2.27. The average Bonchev–Trinajstić information content (AvgIpc) is 3.25. The van der Waals surface area contributed by atoms with E-state index < -0.39 is 10.0 Å². The van der Waals surface area contributed by atoms with Gasteiger partial charge in [-0.15, -0.1) is 0 Å². The van der Waals surface area contributed by atoms with E-state index >= 15 is 0 Å². The van der Waals surface area contributed by atoms with Gasteiger partial charge in [0, 0.05) is 30.5 Å². The highest BCUT2D eigenvalue weighted by Crippen LogP contribution is 2.17. The van der Waals surface area contributed by atoms with E-state index in [0.717, 1.165) is 11.1 Å². The Hall–Kier alpha value is -2.45. The number of sulfonamides is 1. The van der Waals surface area contributed by atoms with Gasteiger partial charge in [0.1, 0.15) is 0 Å². The zero-order chi connectivity index (χ0) is 17.9. The van der Waals surface area contributed by atoms with E-state index in [1.165, 1.54) is 12.5 Å². The summed E-state index contributed by atoms with van der Waals surface area (Å²) < 4.78 is 30.6. The molecule has 0 unspecified atom stereocenters. The van der Waals surface area contributed by atoms with Gasteiger partial charge in [-0.05, 0) is 19.4 Å². The molecule has 1 N–H and O–H groups in total. The third kappa shape index (κ3) is 4.15. The van der Waals surface area contributed by atoms with Gasteiger partial charge in [0.15, 0.2) is 5.03 Å². The SMILES string of the molecule is CC(C)n1cnc(S(=O)(=O)NCCn2cc(-c3ccccc3)cn2)c1. The Morgan fingerprint density at radius 3 is 2.56 bits per heavy atom. The molecule has 0 radical (unpaired) electrons. The van der Waals surface area contributed by atoms with Crippen molar-refractivity contribution in [3.8, 4) is 11.1 Å². The van der Waals surface area contributed by atoms with E-state index in [1.54, 1.807) is 15.4 Å². The second-order valence-electron chi connectivity index (χ2n) is 6.01. The molecule has 0 aliphatic rings. The van der Waals surface area contributed by atoms with Crippen LogP contribution >= 0.6 is 0 Å². The molecular formula is C17H21N5O2S. The minimum atomic E-state index is -3.61. The first-order chi connectivity index (χ1) is 12.0. The predicted octanol–water partition coefficient (Wildman–Crippen LogP) is 2.31. The summed E-state index contributed by atoms with van der Waals surface area (Å²) in [5, 5.41) is 4.31. The smallest absolute Gasteiger partial charge is 0.259 e. The molecule has 0 atom stereocenters. The van der Waals surface area contributed by atoms with Crippen LogP contribution in [0.25, 0.3) is 11.1 Å². The highest BCUT2D eigenvalue weighted by Gasteiger charge is 2.17. The fourth-order valence-corrected chi connectivity index (χ4v) is 3.33. The van der Waals surface area contributed by atoms with Crippen LogP contribution in [0.4, 0.5) is 0 Å². The minimum absolute atomic E-state index is 0.0339. The zero-order valence-electron chi connectivity index (χ0n) is 14.2. The number of aromatic nitrogens is 4. The predicted molar refractivity (Wildman–Crippen MR) is 95.5 cm³/mol. The summed E-state index contributed by atoms with van der Waals surface area (Å²) in [7, 11) is -3.61. The maximum Gasteiger partial charge on any atom is 0.259 e. The highest BCUT2D eigenvalue weighted by atomic mass is 32.2. The lowest BCUT2D eigenvalue weighted by atomic mass is 10.1. The molecule has 2 heterocycles. The van der Waals surface area contributed by atoms with Crippen molar-refractivity contribution >= 4 is 10.0 Å². The van der Waals surface area contributed by atoms with Crippen LogP contribution in [-0.4, -0.2) is 34.3 Å². The molecule has 25 heavy (non-hydrogen) atoms. The van der Waals surface area contributed by atoms with Gasteiger partial charge in [-0.2, -0.15) is 5.10 Å². The first-order valence-corrected chi connectivity index (χ1v) is 9.55. The Kier molecular flexibility index (Phi) is 5.00. The molecular weight excluding hydrogens is 338 g/mol. The molecule has 8 heteroatoms. The van der Waals surface area contributed by atoms with Gasteiger partial charge in [-0.3, -0.25) is 4.68 Å².